The summed E-state index contributed by atoms with van der Waals surface area (Å²) in [6.07, 6.45) is 0. The average molecular weight is 270 g/mol. The summed E-state index contributed by atoms with van der Waals surface area (Å²) in [7, 11) is 1.57. The number of rotatable bonds is 4. The summed E-state index contributed by atoms with van der Waals surface area (Å²) >= 11 is 6.05. The summed E-state index contributed by atoms with van der Waals surface area (Å²) in [5.41, 5.74) is 0.516. The SMILES string of the molecule is COc1ccc(Cl)c(C(=O)CN2CCOCC2)c1. The molecular weight excluding hydrogens is 254 g/mol. The largest absolute Gasteiger partial charge is 0.497 e. The maximum Gasteiger partial charge on any atom is 0.178 e. The minimum Gasteiger partial charge on any atom is -0.497 e. The van der Waals surface area contributed by atoms with Gasteiger partial charge in [-0.15, -0.1) is 0 Å². The predicted molar refractivity (Wildman–Crippen MR) is 69.6 cm³/mol. The van der Waals surface area contributed by atoms with E-state index in [2.05, 4.69) is 4.90 Å². The summed E-state index contributed by atoms with van der Waals surface area (Å²) in [6, 6.07) is 5.12. The van der Waals surface area contributed by atoms with Crippen LogP contribution in [0.4, 0.5) is 0 Å². The predicted octanol–water partition coefficient (Wildman–Crippen LogP) is 1.86. The average Bonchev–Trinajstić information content (AvgIpc) is 2.40. The third-order valence-electron chi connectivity index (χ3n) is 2.94. The normalized spacial score (nSPS) is 16.6. The van der Waals surface area contributed by atoms with Crippen LogP contribution < -0.4 is 4.74 Å². The molecule has 0 unspecified atom stereocenters. The van der Waals surface area contributed by atoms with Crippen molar-refractivity contribution in [1.29, 1.82) is 0 Å². The lowest BCUT2D eigenvalue weighted by atomic mass is 10.1. The molecule has 0 spiro atoms. The first kappa shape index (κ1) is 13.3. The second-order valence-corrected chi connectivity index (χ2v) is 4.56. The van der Waals surface area contributed by atoms with E-state index >= 15 is 0 Å². The van der Waals surface area contributed by atoms with Crippen molar-refractivity contribution in [2.75, 3.05) is 40.0 Å². The molecule has 0 amide bonds. The lowest BCUT2D eigenvalue weighted by Crippen LogP contribution is -2.39. The van der Waals surface area contributed by atoms with E-state index in [9.17, 15) is 4.79 Å². The van der Waals surface area contributed by atoms with Crippen LogP contribution in [0.1, 0.15) is 10.4 Å². The number of nitrogens with zero attached hydrogens (tertiary/aromatic N) is 1. The molecule has 1 fully saturated rings. The quantitative estimate of drug-likeness (QED) is 0.782. The zero-order valence-corrected chi connectivity index (χ0v) is 11.1. The first-order valence-corrected chi connectivity index (χ1v) is 6.25. The zero-order valence-electron chi connectivity index (χ0n) is 10.3. The number of carbonyl (C=O) groups is 1. The van der Waals surface area contributed by atoms with E-state index in [1.54, 1.807) is 25.3 Å². The lowest BCUT2D eigenvalue weighted by Gasteiger charge is -2.25. The summed E-state index contributed by atoms with van der Waals surface area (Å²) in [5, 5.41) is 0.467. The maximum absolute atomic E-state index is 12.2. The van der Waals surface area contributed by atoms with Gasteiger partial charge in [-0.05, 0) is 18.2 Å². The van der Waals surface area contributed by atoms with Gasteiger partial charge in [-0.25, -0.2) is 0 Å². The molecule has 18 heavy (non-hydrogen) atoms. The van der Waals surface area contributed by atoms with Gasteiger partial charge in [0.15, 0.2) is 5.78 Å². The molecule has 0 bridgehead atoms. The highest BCUT2D eigenvalue weighted by molar-refractivity contribution is 6.34. The first-order valence-electron chi connectivity index (χ1n) is 5.87. The Bertz CT molecular complexity index is 430. The van der Waals surface area contributed by atoms with Gasteiger partial charge < -0.3 is 9.47 Å². The fourth-order valence-electron chi connectivity index (χ4n) is 1.89. The van der Waals surface area contributed by atoms with E-state index in [-0.39, 0.29) is 5.78 Å². The molecular formula is C13H16ClNO3. The fraction of sp³-hybridized carbons (Fsp3) is 0.462. The van der Waals surface area contributed by atoms with Crippen molar-refractivity contribution in [2.45, 2.75) is 0 Å². The molecule has 1 aromatic rings. The molecule has 0 aromatic heterocycles. The Balaban J connectivity index is 2.07. The highest BCUT2D eigenvalue weighted by Crippen LogP contribution is 2.22. The van der Waals surface area contributed by atoms with Crippen LogP contribution in [0, 0.1) is 0 Å². The van der Waals surface area contributed by atoms with Gasteiger partial charge in [-0.1, -0.05) is 11.6 Å². The molecule has 0 N–H and O–H groups in total. The van der Waals surface area contributed by atoms with Crippen molar-refractivity contribution in [2.24, 2.45) is 0 Å². The summed E-state index contributed by atoms with van der Waals surface area (Å²) < 4.78 is 10.4. The summed E-state index contributed by atoms with van der Waals surface area (Å²) in [5.74, 6) is 0.658. The number of Topliss-reactive ketones (excluding diaryl/α,β-unsaturated/α-hetero) is 1. The molecule has 1 aromatic carbocycles. The third kappa shape index (κ3) is 3.22. The van der Waals surface area contributed by atoms with E-state index in [0.29, 0.717) is 36.1 Å². The Kier molecular flexibility index (Phi) is 4.58. The van der Waals surface area contributed by atoms with E-state index in [1.165, 1.54) is 0 Å². The highest BCUT2D eigenvalue weighted by atomic mass is 35.5. The molecule has 1 aliphatic rings. The molecule has 4 nitrogen and oxygen atoms in total. The van der Waals surface area contributed by atoms with Crippen LogP contribution in [0.3, 0.4) is 0 Å². The Labute approximate surface area is 111 Å². The molecule has 1 saturated heterocycles. The topological polar surface area (TPSA) is 38.8 Å². The zero-order chi connectivity index (χ0) is 13.0. The van der Waals surface area contributed by atoms with E-state index in [1.807, 2.05) is 0 Å². The van der Waals surface area contributed by atoms with Crippen molar-refractivity contribution >= 4 is 17.4 Å². The minimum absolute atomic E-state index is 0.0146. The van der Waals surface area contributed by atoms with Gasteiger partial charge in [-0.3, -0.25) is 9.69 Å². The molecule has 1 aliphatic heterocycles. The smallest absolute Gasteiger partial charge is 0.178 e. The number of hydrogen-bond acceptors (Lipinski definition) is 4. The Morgan fingerprint density at radius 1 is 1.44 bits per heavy atom. The van der Waals surface area contributed by atoms with E-state index in [0.717, 1.165) is 13.1 Å². The maximum atomic E-state index is 12.2. The second-order valence-electron chi connectivity index (χ2n) is 4.16. The van der Waals surface area contributed by atoms with Crippen LogP contribution in [-0.4, -0.2) is 50.6 Å². The number of carbonyl (C=O) groups excluding carboxylic acids is 1. The molecule has 1 heterocycles. The number of benzene rings is 1. The van der Waals surface area contributed by atoms with Gasteiger partial charge in [0.2, 0.25) is 0 Å². The standard InChI is InChI=1S/C13H16ClNO3/c1-17-10-2-3-12(14)11(8-10)13(16)9-15-4-6-18-7-5-15/h2-3,8H,4-7,9H2,1H3. The van der Waals surface area contributed by atoms with E-state index < -0.39 is 0 Å². The first-order chi connectivity index (χ1) is 8.70. The van der Waals surface area contributed by atoms with Crippen LogP contribution in [0.25, 0.3) is 0 Å². The Morgan fingerprint density at radius 3 is 2.83 bits per heavy atom. The van der Waals surface area contributed by atoms with Crippen molar-refractivity contribution in [3.63, 3.8) is 0 Å². The number of halogens is 1. The summed E-state index contributed by atoms with van der Waals surface area (Å²) in [4.78, 5) is 14.3. The monoisotopic (exact) mass is 269 g/mol. The van der Waals surface area contributed by atoms with E-state index in [4.69, 9.17) is 21.1 Å². The lowest BCUT2D eigenvalue weighted by molar-refractivity contribution is 0.0371. The van der Waals surface area contributed by atoms with Crippen LogP contribution >= 0.6 is 11.6 Å². The van der Waals surface area contributed by atoms with Crippen LogP contribution in [0.5, 0.6) is 5.75 Å². The number of methoxy groups -OCH3 is 1. The van der Waals surface area contributed by atoms with Crippen LogP contribution in [0.15, 0.2) is 18.2 Å². The molecule has 0 radical (unpaired) electrons. The Morgan fingerprint density at radius 2 is 2.17 bits per heavy atom. The van der Waals surface area contributed by atoms with Gasteiger partial charge in [0, 0.05) is 18.7 Å². The van der Waals surface area contributed by atoms with Gasteiger partial charge in [0.05, 0.1) is 31.9 Å². The molecule has 98 valence electrons. The molecule has 0 saturated carbocycles. The van der Waals surface area contributed by atoms with Gasteiger partial charge in [0.1, 0.15) is 5.75 Å². The van der Waals surface area contributed by atoms with Crippen molar-refractivity contribution in [3.8, 4) is 5.75 Å². The molecule has 5 heteroatoms. The number of ketones is 1. The van der Waals surface area contributed by atoms with Crippen molar-refractivity contribution in [3.05, 3.63) is 28.8 Å². The summed E-state index contributed by atoms with van der Waals surface area (Å²) in [6.45, 7) is 3.30. The Hall–Kier alpha value is -1.10. The fourth-order valence-corrected chi connectivity index (χ4v) is 2.12. The second kappa shape index (κ2) is 6.18. The molecule has 0 atom stereocenters. The third-order valence-corrected chi connectivity index (χ3v) is 3.27. The number of hydrogen-bond donors (Lipinski definition) is 0. The van der Waals surface area contributed by atoms with Gasteiger partial charge in [-0.2, -0.15) is 0 Å². The molecule has 0 aliphatic carbocycles. The number of morpholine rings is 1. The minimum atomic E-state index is 0.0146. The highest BCUT2D eigenvalue weighted by Gasteiger charge is 2.17. The van der Waals surface area contributed by atoms with Crippen LogP contribution in [0.2, 0.25) is 5.02 Å². The van der Waals surface area contributed by atoms with Gasteiger partial charge in [0.25, 0.3) is 0 Å². The van der Waals surface area contributed by atoms with Crippen molar-refractivity contribution < 1.29 is 14.3 Å². The number of ether oxygens (including phenoxy) is 2. The van der Waals surface area contributed by atoms with Crippen molar-refractivity contribution in [1.82, 2.24) is 4.90 Å². The molecule has 2 rings (SSSR count). The van der Waals surface area contributed by atoms with Crippen LogP contribution in [-0.2, 0) is 4.74 Å². The van der Waals surface area contributed by atoms with Gasteiger partial charge >= 0.3 is 0 Å².